The number of thioether (sulfide) groups is 1. The van der Waals surface area contributed by atoms with Crippen molar-refractivity contribution in [2.24, 2.45) is 0 Å². The lowest BCUT2D eigenvalue weighted by atomic mass is 10.1. The summed E-state index contributed by atoms with van der Waals surface area (Å²) in [6.07, 6.45) is 7.10. The molecule has 2 saturated heterocycles. The van der Waals surface area contributed by atoms with E-state index in [1.54, 1.807) is 0 Å². The first-order chi connectivity index (χ1) is 8.36. The van der Waals surface area contributed by atoms with Crippen LogP contribution in [0.15, 0.2) is 0 Å². The summed E-state index contributed by atoms with van der Waals surface area (Å²) in [5, 5.41) is 3.36. The van der Waals surface area contributed by atoms with Gasteiger partial charge < -0.3 is 10.2 Å². The van der Waals surface area contributed by atoms with Crippen LogP contribution in [0, 0.1) is 0 Å². The van der Waals surface area contributed by atoms with Crippen molar-refractivity contribution in [2.75, 3.05) is 18.1 Å². The molecule has 0 aromatic carbocycles. The highest BCUT2D eigenvalue weighted by Gasteiger charge is 2.40. The van der Waals surface area contributed by atoms with Gasteiger partial charge in [-0.15, -0.1) is 0 Å². The van der Waals surface area contributed by atoms with Crippen LogP contribution in [0.2, 0.25) is 0 Å². The minimum Gasteiger partial charge on any atom is -0.335 e. The van der Waals surface area contributed by atoms with Gasteiger partial charge in [0.15, 0.2) is 0 Å². The quantitative estimate of drug-likeness (QED) is 0.831. The van der Waals surface area contributed by atoms with Crippen LogP contribution in [-0.4, -0.2) is 47.0 Å². The molecule has 1 N–H and O–H groups in total. The SMILES string of the molecule is O=C(C1CCCN1)N(C1CCSCC1)C1CC1. The second-order valence-corrected chi connectivity index (χ2v) is 6.69. The molecule has 3 nitrogen and oxygen atoms in total. The number of amides is 1. The number of carbonyl (C=O) groups is 1. The Morgan fingerprint density at radius 2 is 1.76 bits per heavy atom. The zero-order valence-corrected chi connectivity index (χ0v) is 11.2. The molecule has 17 heavy (non-hydrogen) atoms. The van der Waals surface area contributed by atoms with Crippen LogP contribution < -0.4 is 5.32 Å². The maximum Gasteiger partial charge on any atom is 0.240 e. The van der Waals surface area contributed by atoms with Crippen LogP contribution in [0.5, 0.6) is 0 Å². The summed E-state index contributed by atoms with van der Waals surface area (Å²) in [6, 6.07) is 1.25. The Hall–Kier alpha value is -0.220. The van der Waals surface area contributed by atoms with E-state index in [2.05, 4.69) is 10.2 Å². The molecule has 4 heteroatoms. The van der Waals surface area contributed by atoms with E-state index in [4.69, 9.17) is 0 Å². The van der Waals surface area contributed by atoms with Gasteiger partial charge in [0.1, 0.15) is 0 Å². The first kappa shape index (κ1) is 11.8. The van der Waals surface area contributed by atoms with Crippen molar-refractivity contribution in [3.63, 3.8) is 0 Å². The van der Waals surface area contributed by atoms with E-state index in [-0.39, 0.29) is 6.04 Å². The van der Waals surface area contributed by atoms with E-state index in [1.807, 2.05) is 11.8 Å². The molecule has 0 bridgehead atoms. The van der Waals surface area contributed by atoms with Crippen LogP contribution in [0.3, 0.4) is 0 Å². The summed E-state index contributed by atoms with van der Waals surface area (Å²) in [4.78, 5) is 14.8. The van der Waals surface area contributed by atoms with Gasteiger partial charge in [-0.25, -0.2) is 0 Å². The van der Waals surface area contributed by atoms with Crippen LogP contribution in [0.1, 0.15) is 38.5 Å². The molecule has 1 amide bonds. The van der Waals surface area contributed by atoms with E-state index in [1.165, 1.54) is 37.2 Å². The fraction of sp³-hybridized carbons (Fsp3) is 0.923. The largest absolute Gasteiger partial charge is 0.335 e. The number of hydrogen-bond donors (Lipinski definition) is 1. The number of rotatable bonds is 3. The fourth-order valence-corrected chi connectivity index (χ4v) is 4.13. The van der Waals surface area contributed by atoms with Crippen molar-refractivity contribution in [3.05, 3.63) is 0 Å². The van der Waals surface area contributed by atoms with Gasteiger partial charge in [0.2, 0.25) is 5.91 Å². The molecular weight excluding hydrogens is 232 g/mol. The third-order valence-electron chi connectivity index (χ3n) is 4.14. The Balaban J connectivity index is 1.67. The van der Waals surface area contributed by atoms with Gasteiger partial charge >= 0.3 is 0 Å². The van der Waals surface area contributed by atoms with Crippen molar-refractivity contribution in [2.45, 2.75) is 56.7 Å². The Morgan fingerprint density at radius 1 is 1.06 bits per heavy atom. The van der Waals surface area contributed by atoms with Crippen molar-refractivity contribution in [1.29, 1.82) is 0 Å². The highest BCUT2D eigenvalue weighted by atomic mass is 32.2. The minimum absolute atomic E-state index is 0.130. The Morgan fingerprint density at radius 3 is 2.35 bits per heavy atom. The van der Waals surface area contributed by atoms with Crippen LogP contribution >= 0.6 is 11.8 Å². The first-order valence-electron chi connectivity index (χ1n) is 6.99. The lowest BCUT2D eigenvalue weighted by Gasteiger charge is -2.36. The number of nitrogens with zero attached hydrogens (tertiary/aromatic N) is 1. The maximum absolute atomic E-state index is 12.6. The van der Waals surface area contributed by atoms with Gasteiger partial charge in [0.25, 0.3) is 0 Å². The monoisotopic (exact) mass is 254 g/mol. The number of hydrogen-bond acceptors (Lipinski definition) is 3. The zero-order chi connectivity index (χ0) is 11.7. The summed E-state index contributed by atoms with van der Waals surface area (Å²) in [7, 11) is 0. The van der Waals surface area contributed by atoms with Crippen molar-refractivity contribution >= 4 is 17.7 Å². The zero-order valence-electron chi connectivity index (χ0n) is 10.4. The molecule has 1 unspecified atom stereocenters. The molecule has 1 atom stereocenters. The number of nitrogens with one attached hydrogen (secondary N) is 1. The minimum atomic E-state index is 0.130. The molecule has 3 fully saturated rings. The average molecular weight is 254 g/mol. The van der Waals surface area contributed by atoms with Crippen molar-refractivity contribution in [3.8, 4) is 0 Å². The lowest BCUT2D eigenvalue weighted by Crippen LogP contribution is -2.50. The summed E-state index contributed by atoms with van der Waals surface area (Å²) in [5.41, 5.74) is 0. The topological polar surface area (TPSA) is 32.3 Å². The third-order valence-corrected chi connectivity index (χ3v) is 5.19. The van der Waals surface area contributed by atoms with Gasteiger partial charge in [-0.3, -0.25) is 4.79 Å². The summed E-state index contributed by atoms with van der Waals surface area (Å²) < 4.78 is 0. The average Bonchev–Trinajstić information content (AvgIpc) is 3.04. The Labute approximate surface area is 108 Å². The predicted octanol–water partition coefficient (Wildman–Crippen LogP) is 1.62. The summed E-state index contributed by atoms with van der Waals surface area (Å²) >= 11 is 2.04. The lowest BCUT2D eigenvalue weighted by molar-refractivity contribution is -0.136. The van der Waals surface area contributed by atoms with Gasteiger partial charge in [-0.05, 0) is 56.6 Å². The van der Waals surface area contributed by atoms with E-state index in [0.717, 1.165) is 19.4 Å². The van der Waals surface area contributed by atoms with Crippen molar-refractivity contribution < 1.29 is 4.79 Å². The van der Waals surface area contributed by atoms with Gasteiger partial charge in [0, 0.05) is 12.1 Å². The third kappa shape index (κ3) is 2.63. The summed E-state index contributed by atoms with van der Waals surface area (Å²) in [6.45, 7) is 1.02. The van der Waals surface area contributed by atoms with Crippen LogP contribution in [0.25, 0.3) is 0 Å². The molecule has 0 aromatic heterocycles. The summed E-state index contributed by atoms with van der Waals surface area (Å²) in [5.74, 6) is 2.88. The van der Waals surface area contributed by atoms with Crippen molar-refractivity contribution in [1.82, 2.24) is 10.2 Å². The van der Waals surface area contributed by atoms with Gasteiger partial charge in [-0.1, -0.05) is 0 Å². The molecule has 1 aliphatic carbocycles. The smallest absolute Gasteiger partial charge is 0.240 e. The molecule has 0 spiro atoms. The fourth-order valence-electron chi connectivity index (χ4n) is 3.05. The predicted molar refractivity (Wildman–Crippen MR) is 71.2 cm³/mol. The highest BCUT2D eigenvalue weighted by Crippen LogP contribution is 2.34. The van der Waals surface area contributed by atoms with Gasteiger partial charge in [-0.2, -0.15) is 11.8 Å². The van der Waals surface area contributed by atoms with E-state index in [9.17, 15) is 4.79 Å². The molecule has 96 valence electrons. The van der Waals surface area contributed by atoms with Crippen LogP contribution in [0.4, 0.5) is 0 Å². The molecule has 2 heterocycles. The molecule has 3 aliphatic rings. The molecule has 3 rings (SSSR count). The second-order valence-electron chi connectivity index (χ2n) is 5.47. The molecule has 0 radical (unpaired) electrons. The first-order valence-corrected chi connectivity index (χ1v) is 8.15. The number of carbonyl (C=O) groups excluding carboxylic acids is 1. The molecule has 1 saturated carbocycles. The Kier molecular flexibility index (Phi) is 3.61. The van der Waals surface area contributed by atoms with E-state index in [0.29, 0.717) is 18.0 Å². The molecule has 2 aliphatic heterocycles. The van der Waals surface area contributed by atoms with E-state index < -0.39 is 0 Å². The molecule has 0 aromatic rings. The standard InChI is InChI=1S/C13H22N2OS/c16-13(12-2-1-7-14-12)15(10-3-4-10)11-5-8-17-9-6-11/h10-12,14H,1-9H2. The Bertz CT molecular complexity index is 281. The second kappa shape index (κ2) is 5.19. The maximum atomic E-state index is 12.6. The highest BCUT2D eigenvalue weighted by molar-refractivity contribution is 7.99. The molecular formula is C13H22N2OS. The van der Waals surface area contributed by atoms with Gasteiger partial charge in [0.05, 0.1) is 6.04 Å². The van der Waals surface area contributed by atoms with Crippen LogP contribution in [-0.2, 0) is 4.79 Å². The normalized spacial score (nSPS) is 30.5. The van der Waals surface area contributed by atoms with E-state index >= 15 is 0 Å².